The predicted octanol–water partition coefficient (Wildman–Crippen LogP) is 2.77. The van der Waals surface area contributed by atoms with E-state index in [1.165, 1.54) is 11.3 Å². The van der Waals surface area contributed by atoms with Gasteiger partial charge in [-0.2, -0.15) is 0 Å². The van der Waals surface area contributed by atoms with Gasteiger partial charge in [0.1, 0.15) is 11.7 Å². The topological polar surface area (TPSA) is 104 Å². The monoisotopic (exact) mass is 367 g/mol. The van der Waals surface area contributed by atoms with E-state index in [1.54, 1.807) is 0 Å². The molecule has 1 aromatic rings. The molecule has 0 unspecified atom stereocenters. The fourth-order valence-electron chi connectivity index (χ4n) is 3.69. The van der Waals surface area contributed by atoms with E-state index in [1.807, 2.05) is 27.7 Å². The maximum Gasteiger partial charge on any atom is 0.407 e. The normalized spacial score (nSPS) is 28.0. The van der Waals surface area contributed by atoms with Gasteiger partial charge < -0.3 is 20.5 Å². The van der Waals surface area contributed by atoms with E-state index < -0.39 is 11.5 Å². The average molecular weight is 367 g/mol. The molecule has 1 spiro atoms. The zero-order valence-corrected chi connectivity index (χ0v) is 15.9. The molecule has 1 heterocycles. The lowest BCUT2D eigenvalue weighted by Crippen LogP contribution is -2.59. The van der Waals surface area contributed by atoms with Crippen molar-refractivity contribution in [3.05, 3.63) is 9.88 Å². The van der Waals surface area contributed by atoms with Crippen LogP contribution in [0.1, 0.15) is 61.1 Å². The van der Waals surface area contributed by atoms with E-state index in [2.05, 4.69) is 10.3 Å². The summed E-state index contributed by atoms with van der Waals surface area (Å²) in [6.45, 7) is 7.38. The Labute approximate surface area is 151 Å². The lowest BCUT2D eigenvalue weighted by atomic mass is 9.53. The van der Waals surface area contributed by atoms with Crippen molar-refractivity contribution in [3.8, 4) is 5.88 Å². The molecule has 8 heteroatoms. The molecular weight excluding hydrogens is 342 g/mol. The Morgan fingerprint density at radius 2 is 1.92 bits per heavy atom. The molecule has 0 aromatic carbocycles. The van der Waals surface area contributed by atoms with Gasteiger partial charge in [-0.25, -0.2) is 9.78 Å². The van der Waals surface area contributed by atoms with Crippen LogP contribution in [0, 0.1) is 12.3 Å². The summed E-state index contributed by atoms with van der Waals surface area (Å²) < 4.78 is 11.1. The van der Waals surface area contributed by atoms with Crippen molar-refractivity contribution in [2.45, 2.75) is 71.1 Å². The summed E-state index contributed by atoms with van der Waals surface area (Å²) in [5, 5.41) is 3.68. The van der Waals surface area contributed by atoms with E-state index >= 15 is 0 Å². The Morgan fingerprint density at radius 1 is 1.28 bits per heavy atom. The number of carbonyl (C=O) groups is 2. The van der Waals surface area contributed by atoms with Gasteiger partial charge in [-0.15, -0.1) is 11.3 Å². The van der Waals surface area contributed by atoms with Gasteiger partial charge in [-0.3, -0.25) is 4.79 Å². The number of nitrogens with one attached hydrogen (secondary N) is 1. The molecule has 0 saturated heterocycles. The second-order valence-electron chi connectivity index (χ2n) is 8.13. The van der Waals surface area contributed by atoms with Gasteiger partial charge in [-0.05, 0) is 58.8 Å². The molecule has 2 aliphatic carbocycles. The highest BCUT2D eigenvalue weighted by Gasteiger charge is 2.54. The van der Waals surface area contributed by atoms with Crippen LogP contribution in [0.25, 0.3) is 0 Å². The maximum absolute atomic E-state index is 11.8. The number of primary amides is 1. The molecule has 2 amide bonds. The average Bonchev–Trinajstić information content (AvgIpc) is 2.72. The third kappa shape index (κ3) is 4.05. The molecule has 0 atom stereocenters. The number of amides is 2. The van der Waals surface area contributed by atoms with Gasteiger partial charge in [0.15, 0.2) is 4.88 Å². The van der Waals surface area contributed by atoms with Crippen LogP contribution < -0.4 is 15.8 Å². The highest BCUT2D eigenvalue weighted by Crippen LogP contribution is 2.56. The minimum absolute atomic E-state index is 0.0575. The Morgan fingerprint density at radius 3 is 2.48 bits per heavy atom. The third-order valence-electron chi connectivity index (χ3n) is 4.61. The number of carbonyl (C=O) groups excluding carboxylic acids is 2. The van der Waals surface area contributed by atoms with Crippen molar-refractivity contribution >= 4 is 23.3 Å². The van der Waals surface area contributed by atoms with E-state index in [-0.39, 0.29) is 23.7 Å². The summed E-state index contributed by atoms with van der Waals surface area (Å²) >= 11 is 1.26. The second-order valence-corrected chi connectivity index (χ2v) is 9.33. The Kier molecular flexibility index (Phi) is 4.43. The first-order valence-corrected chi connectivity index (χ1v) is 9.30. The standard InChI is InChI=1S/C17H25N3O4S/c1-9-19-14(12(25-9)13(18)21)23-11-7-17(8-11)5-10(6-17)20-15(22)24-16(2,3)4/h10-11H,5-8H2,1-4H3,(H2,18,21)(H,20,22)/t10-,11-,17?. The molecule has 0 bridgehead atoms. The molecule has 2 saturated carbocycles. The first-order valence-electron chi connectivity index (χ1n) is 8.49. The molecule has 1 aromatic heterocycles. The van der Waals surface area contributed by atoms with Crippen LogP contribution in [0.15, 0.2) is 0 Å². The summed E-state index contributed by atoms with van der Waals surface area (Å²) in [5.41, 5.74) is 5.12. The molecule has 0 aliphatic heterocycles. The number of ether oxygens (including phenoxy) is 2. The largest absolute Gasteiger partial charge is 0.473 e. The summed E-state index contributed by atoms with van der Waals surface area (Å²) in [6, 6.07) is 0.165. The van der Waals surface area contributed by atoms with Gasteiger partial charge in [0.25, 0.3) is 5.91 Å². The van der Waals surface area contributed by atoms with Gasteiger partial charge >= 0.3 is 6.09 Å². The molecule has 7 nitrogen and oxygen atoms in total. The first-order chi connectivity index (χ1) is 11.6. The highest BCUT2D eigenvalue weighted by molar-refractivity contribution is 7.13. The van der Waals surface area contributed by atoms with E-state index in [0.29, 0.717) is 10.8 Å². The number of hydrogen-bond acceptors (Lipinski definition) is 6. The SMILES string of the molecule is Cc1nc(O[C@H]2CC3(C[C@H](NC(=O)OC(C)(C)C)C3)C2)c(C(N)=O)s1. The predicted molar refractivity (Wildman–Crippen MR) is 93.8 cm³/mol. The second kappa shape index (κ2) is 6.16. The van der Waals surface area contributed by atoms with E-state index in [9.17, 15) is 9.59 Å². The van der Waals surface area contributed by atoms with Crippen LogP contribution in [-0.2, 0) is 4.74 Å². The third-order valence-corrected chi connectivity index (χ3v) is 5.57. The fraction of sp³-hybridized carbons (Fsp3) is 0.706. The van der Waals surface area contributed by atoms with Gasteiger partial charge in [0, 0.05) is 6.04 Å². The van der Waals surface area contributed by atoms with Crippen molar-refractivity contribution in [1.82, 2.24) is 10.3 Å². The number of alkyl carbamates (subject to hydrolysis) is 1. The molecule has 0 radical (unpaired) electrons. The van der Waals surface area contributed by atoms with Crippen LogP contribution >= 0.6 is 11.3 Å². The Balaban J connectivity index is 1.44. The van der Waals surface area contributed by atoms with Crippen LogP contribution in [0.5, 0.6) is 5.88 Å². The van der Waals surface area contributed by atoms with Crippen molar-refractivity contribution < 1.29 is 19.1 Å². The summed E-state index contributed by atoms with van der Waals surface area (Å²) in [6.07, 6.45) is 3.39. The number of thiazole rings is 1. The van der Waals surface area contributed by atoms with E-state index in [0.717, 1.165) is 30.7 Å². The van der Waals surface area contributed by atoms with Crippen LogP contribution in [0.3, 0.4) is 0 Å². The van der Waals surface area contributed by atoms with Gasteiger partial charge in [-0.1, -0.05) is 0 Å². The number of aryl methyl sites for hydroxylation is 1. The molecule has 3 rings (SSSR count). The van der Waals surface area contributed by atoms with Crippen molar-refractivity contribution in [1.29, 1.82) is 0 Å². The fourth-order valence-corrected chi connectivity index (χ4v) is 4.39. The molecule has 138 valence electrons. The Hall–Kier alpha value is -1.83. The molecule has 25 heavy (non-hydrogen) atoms. The Bertz CT molecular complexity index is 681. The number of nitrogens with zero attached hydrogens (tertiary/aromatic N) is 1. The zero-order valence-electron chi connectivity index (χ0n) is 15.0. The van der Waals surface area contributed by atoms with Crippen LogP contribution in [-0.4, -0.2) is 34.7 Å². The minimum Gasteiger partial charge on any atom is -0.473 e. The number of nitrogens with two attached hydrogens (primary N) is 1. The summed E-state index contributed by atoms with van der Waals surface area (Å²) in [4.78, 5) is 27.8. The van der Waals surface area contributed by atoms with Crippen molar-refractivity contribution in [3.63, 3.8) is 0 Å². The van der Waals surface area contributed by atoms with Gasteiger partial charge in [0.2, 0.25) is 5.88 Å². The summed E-state index contributed by atoms with van der Waals surface area (Å²) in [7, 11) is 0. The van der Waals surface area contributed by atoms with E-state index in [4.69, 9.17) is 15.2 Å². The molecular formula is C17H25N3O4S. The molecule has 2 fully saturated rings. The molecule has 2 aliphatic rings. The van der Waals surface area contributed by atoms with Crippen LogP contribution in [0.4, 0.5) is 4.79 Å². The summed E-state index contributed by atoms with van der Waals surface area (Å²) in [5.74, 6) is -0.141. The first kappa shape index (κ1) is 18.0. The quantitative estimate of drug-likeness (QED) is 0.851. The molecule has 3 N–H and O–H groups in total. The number of aromatic nitrogens is 1. The van der Waals surface area contributed by atoms with Crippen LogP contribution in [0.2, 0.25) is 0 Å². The highest BCUT2D eigenvalue weighted by atomic mass is 32.1. The lowest BCUT2D eigenvalue weighted by Gasteiger charge is -2.56. The smallest absolute Gasteiger partial charge is 0.407 e. The number of hydrogen-bond donors (Lipinski definition) is 2. The zero-order chi connectivity index (χ0) is 18.4. The lowest BCUT2D eigenvalue weighted by molar-refractivity contribution is -0.0866. The van der Waals surface area contributed by atoms with Crippen molar-refractivity contribution in [2.75, 3.05) is 0 Å². The number of rotatable bonds is 4. The maximum atomic E-state index is 11.8. The van der Waals surface area contributed by atoms with Gasteiger partial charge in [0.05, 0.1) is 5.01 Å². The minimum atomic E-state index is -0.500. The van der Waals surface area contributed by atoms with Crippen molar-refractivity contribution in [2.24, 2.45) is 11.1 Å².